The molecule has 1 amide bonds. The van der Waals surface area contributed by atoms with Gasteiger partial charge in [0.2, 0.25) is 5.91 Å². The minimum absolute atomic E-state index is 0.0278. The van der Waals surface area contributed by atoms with Crippen molar-refractivity contribution < 1.29 is 9.59 Å². The predicted molar refractivity (Wildman–Crippen MR) is 74.2 cm³/mol. The van der Waals surface area contributed by atoms with Gasteiger partial charge in [-0.25, -0.2) is 0 Å². The normalized spacial score (nSPS) is 24.1. The summed E-state index contributed by atoms with van der Waals surface area (Å²) >= 11 is 6.12. The van der Waals surface area contributed by atoms with Crippen LogP contribution >= 0.6 is 11.6 Å². The molecule has 2 aliphatic heterocycles. The van der Waals surface area contributed by atoms with Gasteiger partial charge in [0.15, 0.2) is 5.78 Å². The van der Waals surface area contributed by atoms with Crippen molar-refractivity contribution in [1.29, 1.82) is 0 Å². The summed E-state index contributed by atoms with van der Waals surface area (Å²) in [6.07, 6.45) is 2.72. The Morgan fingerprint density at radius 3 is 2.53 bits per heavy atom. The maximum Gasteiger partial charge on any atom is 0.234 e. The summed E-state index contributed by atoms with van der Waals surface area (Å²) in [6.45, 7) is 3.44. The maximum atomic E-state index is 11.9. The van der Waals surface area contributed by atoms with E-state index in [-0.39, 0.29) is 18.2 Å². The van der Waals surface area contributed by atoms with Gasteiger partial charge in [-0.15, -0.1) is 0 Å². The highest BCUT2D eigenvalue weighted by molar-refractivity contribution is 6.39. The fourth-order valence-electron chi connectivity index (χ4n) is 2.71. The lowest BCUT2D eigenvalue weighted by Gasteiger charge is -2.38. The first-order valence-corrected chi connectivity index (χ1v) is 6.74. The second kappa shape index (κ2) is 5.33. The van der Waals surface area contributed by atoms with Crippen molar-refractivity contribution in [1.82, 2.24) is 10.2 Å². The van der Waals surface area contributed by atoms with Crippen molar-refractivity contribution in [2.24, 2.45) is 10.4 Å². The highest BCUT2D eigenvalue weighted by atomic mass is 35.5. The first-order chi connectivity index (χ1) is 9.01. The first kappa shape index (κ1) is 14.1. The van der Waals surface area contributed by atoms with E-state index in [0.717, 1.165) is 5.70 Å². The number of likely N-dealkylation sites (tertiary alicyclic amines) is 1. The number of aliphatic imine (C=N–C) groups is 1. The van der Waals surface area contributed by atoms with Crippen LogP contribution in [0.25, 0.3) is 0 Å². The Morgan fingerprint density at radius 2 is 2.05 bits per heavy atom. The number of rotatable bonds is 2. The molecular formula is C13H18ClN3O2. The number of amides is 1. The molecule has 2 rings (SSSR count). The third-order valence-electron chi connectivity index (χ3n) is 4.06. The molecule has 0 aromatic rings. The van der Waals surface area contributed by atoms with Gasteiger partial charge in [0, 0.05) is 32.0 Å². The molecule has 0 aromatic carbocycles. The Balaban J connectivity index is 2.09. The van der Waals surface area contributed by atoms with Gasteiger partial charge in [0.05, 0.1) is 11.6 Å². The van der Waals surface area contributed by atoms with E-state index in [1.165, 1.54) is 0 Å². The Bertz CT molecular complexity index is 445. The van der Waals surface area contributed by atoms with Crippen LogP contribution in [0.4, 0.5) is 0 Å². The molecule has 5 nitrogen and oxygen atoms in total. The zero-order valence-corrected chi connectivity index (χ0v) is 12.0. The predicted octanol–water partition coefficient (Wildman–Crippen LogP) is 0.938. The molecule has 0 aliphatic carbocycles. The summed E-state index contributed by atoms with van der Waals surface area (Å²) in [5.74, 6) is -0.0833. The lowest BCUT2D eigenvalue weighted by molar-refractivity contribution is -0.138. The number of piperidine rings is 1. The molecule has 0 aromatic heterocycles. The SMILES string of the molecule is CN=C/C(Cl)=C(\C)N1CCC2(CC1)C(=O)CNC2=O. The molecule has 2 heterocycles. The van der Waals surface area contributed by atoms with Crippen LogP contribution in [0.2, 0.25) is 0 Å². The number of nitrogens with zero attached hydrogens (tertiary/aromatic N) is 2. The van der Waals surface area contributed by atoms with E-state index in [0.29, 0.717) is 31.0 Å². The van der Waals surface area contributed by atoms with Gasteiger partial charge < -0.3 is 10.2 Å². The molecule has 0 atom stereocenters. The Labute approximate surface area is 117 Å². The van der Waals surface area contributed by atoms with Crippen LogP contribution in [0.5, 0.6) is 0 Å². The van der Waals surface area contributed by atoms with Gasteiger partial charge in [-0.2, -0.15) is 0 Å². The van der Waals surface area contributed by atoms with E-state index in [1.807, 2.05) is 6.92 Å². The van der Waals surface area contributed by atoms with Gasteiger partial charge >= 0.3 is 0 Å². The molecule has 0 radical (unpaired) electrons. The molecule has 0 unspecified atom stereocenters. The van der Waals surface area contributed by atoms with Crippen LogP contribution in [0.1, 0.15) is 19.8 Å². The topological polar surface area (TPSA) is 61.8 Å². The summed E-state index contributed by atoms with van der Waals surface area (Å²) in [6, 6.07) is 0. The third-order valence-corrected chi connectivity index (χ3v) is 4.43. The molecule has 2 saturated heterocycles. The highest BCUT2D eigenvalue weighted by Gasteiger charge is 2.51. The number of ketones is 1. The lowest BCUT2D eigenvalue weighted by atomic mass is 9.76. The molecule has 1 spiro atoms. The number of nitrogens with one attached hydrogen (secondary N) is 1. The maximum absolute atomic E-state index is 11.9. The summed E-state index contributed by atoms with van der Waals surface area (Å²) in [4.78, 5) is 29.8. The van der Waals surface area contributed by atoms with Crippen LogP contribution in [0.3, 0.4) is 0 Å². The highest BCUT2D eigenvalue weighted by Crippen LogP contribution is 2.36. The van der Waals surface area contributed by atoms with Gasteiger partial charge in [-0.3, -0.25) is 14.6 Å². The minimum atomic E-state index is -0.790. The molecule has 2 aliphatic rings. The lowest BCUT2D eigenvalue weighted by Crippen LogP contribution is -2.46. The van der Waals surface area contributed by atoms with E-state index in [9.17, 15) is 9.59 Å². The number of allylic oxidation sites excluding steroid dienone is 2. The fourth-order valence-corrected chi connectivity index (χ4v) is 2.93. The standard InChI is InChI=1S/C13H18ClN3O2/c1-9(10(14)7-15-2)17-5-3-13(4-6-17)11(18)8-16-12(13)19/h7H,3-6,8H2,1-2H3,(H,16,19)/b10-9-,15-7?. The van der Waals surface area contributed by atoms with Crippen LogP contribution in [-0.2, 0) is 9.59 Å². The van der Waals surface area contributed by atoms with E-state index in [4.69, 9.17) is 11.6 Å². The second-order valence-electron chi connectivity index (χ2n) is 5.00. The molecule has 19 heavy (non-hydrogen) atoms. The molecule has 0 bridgehead atoms. The van der Waals surface area contributed by atoms with Crippen LogP contribution in [0, 0.1) is 5.41 Å². The number of hydrogen-bond acceptors (Lipinski definition) is 4. The summed E-state index contributed by atoms with van der Waals surface area (Å²) in [7, 11) is 1.67. The Kier molecular flexibility index (Phi) is 3.94. The van der Waals surface area contributed by atoms with Crippen LogP contribution < -0.4 is 5.32 Å². The smallest absolute Gasteiger partial charge is 0.234 e. The average molecular weight is 284 g/mol. The van der Waals surface area contributed by atoms with Crippen molar-refractivity contribution in [3.05, 3.63) is 10.7 Å². The second-order valence-corrected chi connectivity index (χ2v) is 5.40. The summed E-state index contributed by atoms with van der Waals surface area (Å²) in [5.41, 5.74) is 0.148. The molecule has 0 saturated carbocycles. The number of hydrogen-bond donors (Lipinski definition) is 1. The quantitative estimate of drug-likeness (QED) is 0.606. The van der Waals surface area contributed by atoms with Gasteiger partial charge in [0.1, 0.15) is 5.41 Å². The summed E-state index contributed by atoms with van der Waals surface area (Å²) < 4.78 is 0. The van der Waals surface area contributed by atoms with E-state index in [2.05, 4.69) is 15.2 Å². The number of Topliss-reactive ketones (excluding diaryl/α,β-unsaturated/α-hetero) is 1. The van der Waals surface area contributed by atoms with E-state index < -0.39 is 5.41 Å². The van der Waals surface area contributed by atoms with Gasteiger partial charge in [-0.1, -0.05) is 11.6 Å². The largest absolute Gasteiger partial charge is 0.374 e. The monoisotopic (exact) mass is 283 g/mol. The molecule has 6 heteroatoms. The third kappa shape index (κ3) is 2.39. The van der Waals surface area contributed by atoms with Gasteiger partial charge in [-0.05, 0) is 19.8 Å². The van der Waals surface area contributed by atoms with E-state index in [1.54, 1.807) is 13.3 Å². The van der Waals surface area contributed by atoms with Crippen LogP contribution in [0.15, 0.2) is 15.7 Å². The van der Waals surface area contributed by atoms with Crippen molar-refractivity contribution in [3.63, 3.8) is 0 Å². The number of halogens is 1. The van der Waals surface area contributed by atoms with Crippen LogP contribution in [-0.4, -0.2) is 49.5 Å². The van der Waals surface area contributed by atoms with E-state index >= 15 is 0 Å². The molecule has 104 valence electrons. The first-order valence-electron chi connectivity index (χ1n) is 6.36. The number of carbonyl (C=O) groups is 2. The van der Waals surface area contributed by atoms with Crippen molar-refractivity contribution in [3.8, 4) is 0 Å². The van der Waals surface area contributed by atoms with Crippen molar-refractivity contribution in [2.75, 3.05) is 26.7 Å². The Morgan fingerprint density at radius 1 is 1.42 bits per heavy atom. The minimum Gasteiger partial charge on any atom is -0.374 e. The average Bonchev–Trinajstić information content (AvgIpc) is 2.68. The zero-order chi connectivity index (χ0) is 14.0. The molecular weight excluding hydrogens is 266 g/mol. The van der Waals surface area contributed by atoms with Crippen molar-refractivity contribution >= 4 is 29.5 Å². The zero-order valence-electron chi connectivity index (χ0n) is 11.2. The van der Waals surface area contributed by atoms with Crippen molar-refractivity contribution in [2.45, 2.75) is 19.8 Å². The molecule has 1 N–H and O–H groups in total. The van der Waals surface area contributed by atoms with Gasteiger partial charge in [0.25, 0.3) is 0 Å². The number of carbonyl (C=O) groups excluding carboxylic acids is 2. The Hall–Kier alpha value is -1.36. The fraction of sp³-hybridized carbons (Fsp3) is 0.615. The molecule has 2 fully saturated rings. The summed E-state index contributed by atoms with van der Waals surface area (Å²) in [5, 5.41) is 3.25.